The molecule has 0 saturated heterocycles. The second-order valence-corrected chi connectivity index (χ2v) is 4.23. The lowest BCUT2D eigenvalue weighted by atomic mass is 10.1. The molecular weight excluding hydrogens is 256 g/mol. The number of benzene rings is 1. The summed E-state index contributed by atoms with van der Waals surface area (Å²) >= 11 is 0. The van der Waals surface area contributed by atoms with Gasteiger partial charge in [-0.2, -0.15) is 5.10 Å². The normalized spacial score (nSPS) is 11.4. The molecule has 19 heavy (non-hydrogen) atoms. The number of hydrogen-bond acceptors (Lipinski definition) is 3. The Balaban J connectivity index is 2.57. The molecule has 1 aromatic carbocycles. The summed E-state index contributed by atoms with van der Waals surface area (Å²) in [6.07, 6.45) is -1.11. The van der Waals surface area contributed by atoms with Crippen molar-refractivity contribution in [3.05, 3.63) is 34.0 Å². The predicted molar refractivity (Wildman–Crippen MR) is 66.4 cm³/mol. The van der Waals surface area contributed by atoms with Crippen molar-refractivity contribution >= 4 is 16.6 Å². The molecule has 0 atom stereocenters. The lowest BCUT2D eigenvalue weighted by Crippen LogP contribution is -2.08. The van der Waals surface area contributed by atoms with E-state index in [0.717, 1.165) is 6.42 Å². The summed E-state index contributed by atoms with van der Waals surface area (Å²) in [5.41, 5.74) is 1.08. The summed E-state index contributed by atoms with van der Waals surface area (Å²) in [4.78, 5) is 10.3. The number of hydrogen-bond donors (Lipinski definition) is 0. The molecule has 0 aliphatic heterocycles. The van der Waals surface area contributed by atoms with Crippen molar-refractivity contribution in [2.45, 2.75) is 32.7 Å². The van der Waals surface area contributed by atoms with Crippen LogP contribution in [0.5, 0.6) is 0 Å². The lowest BCUT2D eigenvalue weighted by Gasteiger charge is -2.01. The third-order valence-electron chi connectivity index (χ3n) is 2.82. The number of alkyl halides is 2. The van der Waals surface area contributed by atoms with Crippen LogP contribution in [0, 0.1) is 10.1 Å². The van der Waals surface area contributed by atoms with Crippen molar-refractivity contribution in [1.82, 2.24) is 9.78 Å². The van der Waals surface area contributed by atoms with Crippen LogP contribution in [0.3, 0.4) is 0 Å². The number of nitro benzene ring substituents is 1. The van der Waals surface area contributed by atoms with Gasteiger partial charge in [-0.15, -0.1) is 0 Å². The van der Waals surface area contributed by atoms with Gasteiger partial charge in [0.25, 0.3) is 12.1 Å². The molecule has 0 aliphatic rings. The minimum Gasteiger partial charge on any atom is -0.259 e. The van der Waals surface area contributed by atoms with Crippen LogP contribution >= 0.6 is 0 Å². The van der Waals surface area contributed by atoms with E-state index in [-0.39, 0.29) is 5.69 Å². The van der Waals surface area contributed by atoms with E-state index in [4.69, 9.17) is 0 Å². The van der Waals surface area contributed by atoms with Crippen LogP contribution in [0.15, 0.2) is 18.2 Å². The fraction of sp³-hybridized carbons (Fsp3) is 0.417. The minimum atomic E-state index is -2.51. The Bertz CT molecular complexity index is 610. The molecule has 102 valence electrons. The average Bonchev–Trinajstić information content (AvgIpc) is 2.67. The van der Waals surface area contributed by atoms with Gasteiger partial charge >= 0.3 is 0 Å². The minimum absolute atomic E-state index is 0.0542. The van der Waals surface area contributed by atoms with Gasteiger partial charge < -0.3 is 0 Å². The summed E-state index contributed by atoms with van der Waals surface area (Å²) in [6, 6.07) is 4.18. The first-order valence-corrected chi connectivity index (χ1v) is 5.95. The maximum Gasteiger partial charge on any atom is 0.270 e. The van der Waals surface area contributed by atoms with Gasteiger partial charge in [0.1, 0.15) is 6.54 Å². The zero-order chi connectivity index (χ0) is 14.0. The molecule has 0 aliphatic carbocycles. The SMILES string of the molecule is CCCc1nn(CC(F)F)c2ccc([N+](=O)[O-])cc12. The number of fused-ring (bicyclic) bond motifs is 1. The zero-order valence-corrected chi connectivity index (χ0v) is 10.3. The van der Waals surface area contributed by atoms with Gasteiger partial charge in [0, 0.05) is 17.5 Å². The first-order valence-electron chi connectivity index (χ1n) is 5.95. The Morgan fingerprint density at radius 2 is 2.21 bits per heavy atom. The molecule has 1 heterocycles. The molecule has 0 bridgehead atoms. The smallest absolute Gasteiger partial charge is 0.259 e. The Hall–Kier alpha value is -2.05. The highest BCUT2D eigenvalue weighted by Gasteiger charge is 2.16. The molecule has 0 fully saturated rings. The Morgan fingerprint density at radius 3 is 2.79 bits per heavy atom. The van der Waals surface area contributed by atoms with Crippen molar-refractivity contribution in [3.8, 4) is 0 Å². The van der Waals surface area contributed by atoms with Crippen LogP contribution < -0.4 is 0 Å². The molecule has 2 aromatic rings. The number of halogens is 2. The van der Waals surface area contributed by atoms with Crippen LogP contribution in [0.2, 0.25) is 0 Å². The summed E-state index contributed by atoms with van der Waals surface area (Å²) < 4.78 is 26.2. The third kappa shape index (κ3) is 2.69. The summed E-state index contributed by atoms with van der Waals surface area (Å²) in [5.74, 6) is 0. The highest BCUT2D eigenvalue weighted by Crippen LogP contribution is 2.25. The molecule has 2 rings (SSSR count). The number of nitrogens with zero attached hydrogens (tertiary/aromatic N) is 3. The Kier molecular flexibility index (Phi) is 3.73. The van der Waals surface area contributed by atoms with Gasteiger partial charge in [0.2, 0.25) is 0 Å². The van der Waals surface area contributed by atoms with E-state index in [0.29, 0.717) is 23.0 Å². The fourth-order valence-corrected chi connectivity index (χ4v) is 2.04. The van der Waals surface area contributed by atoms with E-state index in [1.165, 1.54) is 22.9 Å². The molecule has 0 N–H and O–H groups in total. The van der Waals surface area contributed by atoms with Crippen molar-refractivity contribution < 1.29 is 13.7 Å². The highest BCUT2D eigenvalue weighted by atomic mass is 19.3. The quantitative estimate of drug-likeness (QED) is 0.618. The molecular formula is C12H13F2N3O2. The Labute approximate surface area is 108 Å². The molecule has 0 radical (unpaired) electrons. The molecule has 1 aromatic heterocycles. The van der Waals surface area contributed by atoms with Gasteiger partial charge in [-0.3, -0.25) is 14.8 Å². The van der Waals surface area contributed by atoms with E-state index in [9.17, 15) is 18.9 Å². The summed E-state index contributed by atoms with van der Waals surface area (Å²) in [7, 11) is 0. The van der Waals surface area contributed by atoms with Gasteiger partial charge in [-0.05, 0) is 12.5 Å². The van der Waals surface area contributed by atoms with Crippen molar-refractivity contribution in [2.75, 3.05) is 0 Å². The van der Waals surface area contributed by atoms with E-state index in [1.807, 2.05) is 6.92 Å². The second-order valence-electron chi connectivity index (χ2n) is 4.23. The van der Waals surface area contributed by atoms with Gasteiger partial charge in [-0.25, -0.2) is 8.78 Å². The first-order chi connectivity index (χ1) is 9.02. The summed E-state index contributed by atoms with van der Waals surface area (Å²) in [6.45, 7) is 1.44. The number of aromatic nitrogens is 2. The molecule has 5 nitrogen and oxygen atoms in total. The van der Waals surface area contributed by atoms with Crippen LogP contribution in [-0.4, -0.2) is 21.1 Å². The fourth-order valence-electron chi connectivity index (χ4n) is 2.04. The predicted octanol–water partition coefficient (Wildman–Crippen LogP) is 3.16. The highest BCUT2D eigenvalue weighted by molar-refractivity contribution is 5.84. The third-order valence-corrected chi connectivity index (χ3v) is 2.82. The number of rotatable bonds is 5. The van der Waals surface area contributed by atoms with E-state index in [2.05, 4.69) is 5.10 Å². The van der Waals surface area contributed by atoms with Crippen LogP contribution in [0.1, 0.15) is 19.0 Å². The van der Waals surface area contributed by atoms with Crippen molar-refractivity contribution in [1.29, 1.82) is 0 Å². The number of non-ortho nitro benzene ring substituents is 1. The molecule has 0 amide bonds. The molecule has 0 saturated carbocycles. The summed E-state index contributed by atoms with van der Waals surface area (Å²) in [5, 5.41) is 15.5. The molecule has 0 spiro atoms. The lowest BCUT2D eigenvalue weighted by molar-refractivity contribution is -0.384. The van der Waals surface area contributed by atoms with Gasteiger partial charge in [0.15, 0.2) is 0 Å². The van der Waals surface area contributed by atoms with Crippen molar-refractivity contribution in [3.63, 3.8) is 0 Å². The van der Waals surface area contributed by atoms with Crippen LogP contribution in [-0.2, 0) is 13.0 Å². The molecule has 0 unspecified atom stereocenters. The number of nitro groups is 1. The Morgan fingerprint density at radius 1 is 1.47 bits per heavy atom. The maximum atomic E-state index is 12.5. The average molecular weight is 269 g/mol. The number of aryl methyl sites for hydroxylation is 1. The second kappa shape index (κ2) is 5.29. The van der Waals surface area contributed by atoms with Crippen molar-refractivity contribution in [2.24, 2.45) is 0 Å². The molecule has 7 heteroatoms. The largest absolute Gasteiger partial charge is 0.270 e. The van der Waals surface area contributed by atoms with E-state index < -0.39 is 17.9 Å². The van der Waals surface area contributed by atoms with Crippen LogP contribution in [0.4, 0.5) is 14.5 Å². The van der Waals surface area contributed by atoms with E-state index >= 15 is 0 Å². The standard InChI is InChI=1S/C12H13F2N3O2/c1-2-3-10-9-6-8(17(18)19)4-5-11(9)16(15-10)7-12(13)14/h4-6,12H,2-3,7H2,1H3. The van der Waals surface area contributed by atoms with E-state index in [1.54, 1.807) is 0 Å². The zero-order valence-electron chi connectivity index (χ0n) is 10.3. The topological polar surface area (TPSA) is 61.0 Å². The first kappa shape index (κ1) is 13.4. The van der Waals surface area contributed by atoms with Gasteiger partial charge in [0.05, 0.1) is 16.1 Å². The monoisotopic (exact) mass is 269 g/mol. The van der Waals surface area contributed by atoms with Gasteiger partial charge in [-0.1, -0.05) is 13.3 Å². The maximum absolute atomic E-state index is 12.5. The van der Waals surface area contributed by atoms with Crippen LogP contribution in [0.25, 0.3) is 10.9 Å².